The summed E-state index contributed by atoms with van der Waals surface area (Å²) in [5, 5.41) is 15.8. The maximum absolute atomic E-state index is 12.6. The number of halogens is 3. The number of amides is 1. The molecule has 2 rings (SSSR count). The number of alkyl halides is 3. The minimum absolute atomic E-state index is 0.140. The molecule has 2 aromatic rings. The number of hydrogen-bond acceptors (Lipinski definition) is 4. The molecule has 132 valence electrons. The molecule has 0 bridgehead atoms. The second kappa shape index (κ2) is 7.20. The number of nitro benzene ring substituents is 1. The van der Waals surface area contributed by atoms with Crippen LogP contribution < -0.4 is 10.6 Å². The predicted molar refractivity (Wildman–Crippen MR) is 86.4 cm³/mol. The highest BCUT2D eigenvalue weighted by Gasteiger charge is 2.30. The molecular weight excluding hydrogens is 339 g/mol. The Morgan fingerprint density at radius 3 is 2.56 bits per heavy atom. The molecule has 6 nitrogen and oxygen atoms in total. The van der Waals surface area contributed by atoms with E-state index in [9.17, 15) is 28.1 Å². The molecule has 1 amide bonds. The fraction of sp³-hybridized carbons (Fsp3) is 0.188. The zero-order valence-corrected chi connectivity index (χ0v) is 13.1. The van der Waals surface area contributed by atoms with Crippen LogP contribution in [0.5, 0.6) is 0 Å². The van der Waals surface area contributed by atoms with E-state index in [0.29, 0.717) is 5.56 Å². The smallest absolute Gasteiger partial charge is 0.376 e. The second-order valence-electron chi connectivity index (χ2n) is 5.24. The van der Waals surface area contributed by atoms with Crippen molar-refractivity contribution in [3.05, 3.63) is 63.7 Å². The van der Waals surface area contributed by atoms with Gasteiger partial charge in [-0.2, -0.15) is 13.2 Å². The summed E-state index contributed by atoms with van der Waals surface area (Å²) in [7, 11) is 0. The van der Waals surface area contributed by atoms with Gasteiger partial charge in [-0.1, -0.05) is 12.1 Å². The van der Waals surface area contributed by atoms with Crippen LogP contribution in [-0.2, 0) is 11.0 Å². The molecule has 0 aromatic heterocycles. The summed E-state index contributed by atoms with van der Waals surface area (Å²) in [6, 6.07) is 8.48. The summed E-state index contributed by atoms with van der Waals surface area (Å²) in [4.78, 5) is 22.1. The molecule has 25 heavy (non-hydrogen) atoms. The van der Waals surface area contributed by atoms with Crippen LogP contribution in [0, 0.1) is 17.0 Å². The maximum atomic E-state index is 12.6. The van der Waals surface area contributed by atoms with Gasteiger partial charge in [0.15, 0.2) is 0 Å². The normalized spacial score (nSPS) is 11.0. The van der Waals surface area contributed by atoms with E-state index in [-0.39, 0.29) is 23.6 Å². The van der Waals surface area contributed by atoms with E-state index in [2.05, 4.69) is 10.6 Å². The second-order valence-corrected chi connectivity index (χ2v) is 5.24. The molecule has 0 fully saturated rings. The largest absolute Gasteiger partial charge is 0.416 e. The van der Waals surface area contributed by atoms with Crippen molar-refractivity contribution in [2.45, 2.75) is 13.1 Å². The van der Waals surface area contributed by atoms with Gasteiger partial charge in [-0.25, -0.2) is 0 Å². The van der Waals surface area contributed by atoms with Gasteiger partial charge >= 0.3 is 6.18 Å². The third-order valence-corrected chi connectivity index (χ3v) is 3.35. The summed E-state index contributed by atoms with van der Waals surface area (Å²) in [5.41, 5.74) is 0.0305. The van der Waals surface area contributed by atoms with E-state index in [1.807, 2.05) is 0 Å². The van der Waals surface area contributed by atoms with Gasteiger partial charge in [-0.3, -0.25) is 14.9 Å². The third-order valence-electron chi connectivity index (χ3n) is 3.35. The van der Waals surface area contributed by atoms with Gasteiger partial charge in [0.05, 0.1) is 22.7 Å². The maximum Gasteiger partial charge on any atom is 0.416 e. The van der Waals surface area contributed by atoms with Crippen molar-refractivity contribution in [1.82, 2.24) is 0 Å². The molecule has 0 aliphatic rings. The Kier molecular flexibility index (Phi) is 5.26. The van der Waals surface area contributed by atoms with E-state index in [1.165, 1.54) is 30.3 Å². The molecule has 2 N–H and O–H groups in total. The van der Waals surface area contributed by atoms with Gasteiger partial charge in [0.1, 0.15) is 0 Å². The Labute approximate surface area is 140 Å². The Morgan fingerprint density at radius 2 is 1.92 bits per heavy atom. The SMILES string of the molecule is Cc1ccc([N+](=O)[O-])cc1NC(=O)CNc1cccc(C(F)(F)F)c1. The highest BCUT2D eigenvalue weighted by atomic mass is 19.4. The van der Waals surface area contributed by atoms with Crippen LogP contribution in [0.3, 0.4) is 0 Å². The molecule has 0 saturated heterocycles. The summed E-state index contributed by atoms with van der Waals surface area (Å²) >= 11 is 0. The number of hydrogen-bond donors (Lipinski definition) is 2. The first-order chi connectivity index (χ1) is 11.7. The number of nitro groups is 1. The Bertz CT molecular complexity index is 807. The van der Waals surface area contributed by atoms with Crippen LogP contribution in [-0.4, -0.2) is 17.4 Å². The van der Waals surface area contributed by atoms with Crippen LogP contribution >= 0.6 is 0 Å². The van der Waals surface area contributed by atoms with Crippen molar-refractivity contribution >= 4 is 23.0 Å². The van der Waals surface area contributed by atoms with Gasteiger partial charge in [0.25, 0.3) is 5.69 Å². The average Bonchev–Trinajstić information content (AvgIpc) is 2.54. The van der Waals surface area contributed by atoms with Crippen molar-refractivity contribution in [3.8, 4) is 0 Å². The van der Waals surface area contributed by atoms with Crippen LogP contribution in [0.15, 0.2) is 42.5 Å². The molecule has 9 heteroatoms. The van der Waals surface area contributed by atoms with Crippen molar-refractivity contribution in [2.75, 3.05) is 17.2 Å². The lowest BCUT2D eigenvalue weighted by molar-refractivity contribution is -0.384. The summed E-state index contributed by atoms with van der Waals surface area (Å²) in [5.74, 6) is -0.541. The van der Waals surface area contributed by atoms with E-state index >= 15 is 0 Å². The molecule has 0 unspecified atom stereocenters. The number of nitrogens with one attached hydrogen (secondary N) is 2. The monoisotopic (exact) mass is 353 g/mol. The summed E-state index contributed by atoms with van der Waals surface area (Å²) in [6.07, 6.45) is -4.47. The third kappa shape index (κ3) is 4.93. The molecular formula is C16H14F3N3O3. The molecule has 0 aliphatic heterocycles. The number of non-ortho nitro benzene ring substituents is 1. The average molecular weight is 353 g/mol. The zero-order chi connectivity index (χ0) is 18.6. The highest BCUT2D eigenvalue weighted by Crippen LogP contribution is 2.30. The van der Waals surface area contributed by atoms with Crippen molar-refractivity contribution in [2.24, 2.45) is 0 Å². The number of aryl methyl sites for hydroxylation is 1. The lowest BCUT2D eigenvalue weighted by atomic mass is 10.2. The van der Waals surface area contributed by atoms with Crippen molar-refractivity contribution in [3.63, 3.8) is 0 Å². The molecule has 0 heterocycles. The number of anilines is 2. The quantitative estimate of drug-likeness (QED) is 0.629. The molecule has 0 saturated carbocycles. The van der Waals surface area contributed by atoms with E-state index in [1.54, 1.807) is 6.92 Å². The zero-order valence-electron chi connectivity index (χ0n) is 13.1. The molecule has 0 spiro atoms. The first kappa shape index (κ1) is 18.2. The highest BCUT2D eigenvalue weighted by molar-refractivity contribution is 5.94. The van der Waals surface area contributed by atoms with Gasteiger partial charge in [-0.05, 0) is 30.7 Å². The number of benzene rings is 2. The standard InChI is InChI=1S/C16H14F3N3O3/c1-10-5-6-13(22(24)25)8-14(10)21-15(23)9-20-12-4-2-3-11(7-12)16(17,18)19/h2-8,20H,9H2,1H3,(H,21,23). The number of carbonyl (C=O) groups is 1. The number of nitrogens with zero attached hydrogens (tertiary/aromatic N) is 1. The first-order valence-electron chi connectivity index (χ1n) is 7.13. The predicted octanol–water partition coefficient (Wildman–Crippen LogP) is 3.97. The Hall–Kier alpha value is -3.10. The van der Waals surface area contributed by atoms with Gasteiger partial charge in [0.2, 0.25) is 5.91 Å². The Balaban J connectivity index is 2.02. The Morgan fingerprint density at radius 1 is 1.20 bits per heavy atom. The summed E-state index contributed by atoms with van der Waals surface area (Å²) < 4.78 is 37.9. The van der Waals surface area contributed by atoms with E-state index in [0.717, 1.165) is 12.1 Å². The van der Waals surface area contributed by atoms with E-state index in [4.69, 9.17) is 0 Å². The van der Waals surface area contributed by atoms with Crippen LogP contribution in [0.25, 0.3) is 0 Å². The van der Waals surface area contributed by atoms with Gasteiger partial charge < -0.3 is 10.6 Å². The minimum Gasteiger partial charge on any atom is -0.376 e. The van der Waals surface area contributed by atoms with Crippen molar-refractivity contribution < 1.29 is 22.9 Å². The fourth-order valence-electron chi connectivity index (χ4n) is 2.04. The summed E-state index contributed by atoms with van der Waals surface area (Å²) in [6.45, 7) is 1.38. The van der Waals surface area contributed by atoms with Crippen molar-refractivity contribution in [1.29, 1.82) is 0 Å². The number of rotatable bonds is 5. The molecule has 0 aliphatic carbocycles. The van der Waals surface area contributed by atoms with E-state index < -0.39 is 22.6 Å². The fourth-order valence-corrected chi connectivity index (χ4v) is 2.04. The topological polar surface area (TPSA) is 84.3 Å². The van der Waals surface area contributed by atoms with Crippen LogP contribution in [0.2, 0.25) is 0 Å². The van der Waals surface area contributed by atoms with Gasteiger partial charge in [0, 0.05) is 17.8 Å². The first-order valence-corrected chi connectivity index (χ1v) is 7.13. The molecule has 0 atom stereocenters. The van der Waals surface area contributed by atoms with Crippen LogP contribution in [0.4, 0.5) is 30.2 Å². The van der Waals surface area contributed by atoms with Crippen LogP contribution in [0.1, 0.15) is 11.1 Å². The minimum atomic E-state index is -4.47. The van der Waals surface area contributed by atoms with Gasteiger partial charge in [-0.15, -0.1) is 0 Å². The molecule has 0 radical (unpaired) electrons. The molecule has 2 aromatic carbocycles. The lowest BCUT2D eigenvalue weighted by Gasteiger charge is -2.11. The lowest BCUT2D eigenvalue weighted by Crippen LogP contribution is -2.22. The number of carbonyl (C=O) groups excluding carboxylic acids is 1.